The summed E-state index contributed by atoms with van der Waals surface area (Å²) in [5.74, 6) is -0.942. The second-order valence-electron chi connectivity index (χ2n) is 6.13. The van der Waals surface area contributed by atoms with Crippen molar-refractivity contribution < 1.29 is 18.8 Å². The number of nitrogens with zero attached hydrogens (tertiary/aromatic N) is 1. The van der Waals surface area contributed by atoms with Gasteiger partial charge in [0, 0.05) is 12.1 Å². The summed E-state index contributed by atoms with van der Waals surface area (Å²) in [4.78, 5) is 38.4. The summed E-state index contributed by atoms with van der Waals surface area (Å²) in [6.07, 6.45) is 3.57. The van der Waals surface area contributed by atoms with E-state index in [0.717, 1.165) is 18.4 Å². The number of carbonyl (C=O) groups is 3. The average molecular weight is 355 g/mol. The Morgan fingerprint density at radius 2 is 1.92 bits per heavy atom. The molecule has 1 aliphatic heterocycles. The maximum absolute atomic E-state index is 12.4. The fourth-order valence-electron chi connectivity index (χ4n) is 2.99. The third kappa shape index (κ3) is 3.77. The summed E-state index contributed by atoms with van der Waals surface area (Å²) in [7, 11) is 0. The molecule has 0 radical (unpaired) electrons. The van der Waals surface area contributed by atoms with Crippen LogP contribution in [0.3, 0.4) is 0 Å². The summed E-state index contributed by atoms with van der Waals surface area (Å²) < 4.78 is 5.12. The molecule has 1 unspecified atom stereocenters. The van der Waals surface area contributed by atoms with Crippen LogP contribution in [0.5, 0.6) is 0 Å². The molecule has 2 heterocycles. The number of nitrogens with one attached hydrogen (secondary N) is 2. The van der Waals surface area contributed by atoms with Crippen molar-refractivity contribution in [2.75, 3.05) is 6.54 Å². The molecule has 7 heteroatoms. The van der Waals surface area contributed by atoms with Crippen LogP contribution in [-0.2, 0) is 11.2 Å². The molecule has 0 saturated carbocycles. The van der Waals surface area contributed by atoms with Crippen molar-refractivity contribution in [1.29, 1.82) is 0 Å². The van der Waals surface area contributed by atoms with E-state index in [0.29, 0.717) is 18.5 Å². The molecule has 3 amide bonds. The van der Waals surface area contributed by atoms with Crippen molar-refractivity contribution in [2.24, 2.45) is 0 Å². The van der Waals surface area contributed by atoms with E-state index in [4.69, 9.17) is 4.42 Å². The Kier molecular flexibility index (Phi) is 5.36. The minimum atomic E-state index is -0.629. The zero-order chi connectivity index (χ0) is 18.5. The van der Waals surface area contributed by atoms with Gasteiger partial charge >= 0.3 is 0 Å². The molecule has 0 bridgehead atoms. The molecule has 0 spiro atoms. The molecule has 136 valence electrons. The Morgan fingerprint density at radius 1 is 1.15 bits per heavy atom. The van der Waals surface area contributed by atoms with Gasteiger partial charge in [0.15, 0.2) is 5.76 Å². The van der Waals surface area contributed by atoms with Crippen LogP contribution in [0.25, 0.3) is 0 Å². The molecule has 1 atom stereocenters. The normalized spacial score (nSPS) is 16.3. The quantitative estimate of drug-likeness (QED) is 0.820. The van der Waals surface area contributed by atoms with E-state index in [9.17, 15) is 14.4 Å². The highest BCUT2D eigenvalue weighted by molar-refractivity contribution is 5.98. The van der Waals surface area contributed by atoms with Crippen molar-refractivity contribution in [2.45, 2.75) is 32.2 Å². The van der Waals surface area contributed by atoms with E-state index in [1.807, 2.05) is 19.1 Å². The van der Waals surface area contributed by atoms with Gasteiger partial charge in [0.2, 0.25) is 0 Å². The van der Waals surface area contributed by atoms with Gasteiger partial charge in [-0.3, -0.25) is 25.2 Å². The highest BCUT2D eigenvalue weighted by atomic mass is 16.3. The van der Waals surface area contributed by atoms with Crippen molar-refractivity contribution in [3.05, 3.63) is 59.5 Å². The summed E-state index contributed by atoms with van der Waals surface area (Å²) in [5.41, 5.74) is 6.41. The van der Waals surface area contributed by atoms with Gasteiger partial charge in [-0.15, -0.1) is 0 Å². The smallest absolute Gasteiger partial charge is 0.290 e. The summed E-state index contributed by atoms with van der Waals surface area (Å²) in [5, 5.41) is 0. The van der Waals surface area contributed by atoms with E-state index in [-0.39, 0.29) is 11.7 Å². The van der Waals surface area contributed by atoms with Crippen LogP contribution in [0, 0.1) is 0 Å². The number of hydrogen-bond donors (Lipinski definition) is 2. The lowest BCUT2D eigenvalue weighted by Crippen LogP contribution is -2.51. The molecule has 1 aliphatic rings. The monoisotopic (exact) mass is 355 g/mol. The predicted octanol–water partition coefficient (Wildman–Crippen LogP) is 1.91. The molecule has 1 aromatic heterocycles. The molecular weight excluding hydrogens is 334 g/mol. The minimum absolute atomic E-state index is 0.199. The van der Waals surface area contributed by atoms with Crippen molar-refractivity contribution in [3.8, 4) is 0 Å². The molecule has 1 saturated heterocycles. The third-order valence-electron chi connectivity index (χ3n) is 4.47. The molecule has 3 rings (SSSR count). The van der Waals surface area contributed by atoms with Gasteiger partial charge in [-0.1, -0.05) is 19.1 Å². The van der Waals surface area contributed by atoms with Gasteiger partial charge in [0.1, 0.15) is 6.04 Å². The zero-order valence-electron chi connectivity index (χ0n) is 14.5. The first-order valence-corrected chi connectivity index (χ1v) is 8.63. The van der Waals surface area contributed by atoms with Crippen LogP contribution in [0.2, 0.25) is 0 Å². The van der Waals surface area contributed by atoms with Crippen molar-refractivity contribution in [3.63, 3.8) is 0 Å². The molecule has 1 fully saturated rings. The number of hydrogen-bond acceptors (Lipinski definition) is 4. The topological polar surface area (TPSA) is 91.7 Å². The number of benzene rings is 1. The lowest BCUT2D eigenvalue weighted by molar-refractivity contribution is -0.125. The number of carbonyl (C=O) groups excluding carboxylic acids is 3. The molecular formula is C19H21N3O4. The van der Waals surface area contributed by atoms with Crippen LogP contribution < -0.4 is 10.9 Å². The van der Waals surface area contributed by atoms with Gasteiger partial charge < -0.3 is 9.32 Å². The molecule has 0 aliphatic carbocycles. The number of aryl methyl sites for hydroxylation is 1. The van der Waals surface area contributed by atoms with Gasteiger partial charge in [-0.25, -0.2) is 0 Å². The van der Waals surface area contributed by atoms with Gasteiger partial charge in [-0.2, -0.15) is 0 Å². The van der Waals surface area contributed by atoms with Crippen LogP contribution >= 0.6 is 0 Å². The van der Waals surface area contributed by atoms with Crippen LogP contribution in [0.15, 0.2) is 47.1 Å². The van der Waals surface area contributed by atoms with Crippen LogP contribution in [0.4, 0.5) is 0 Å². The van der Waals surface area contributed by atoms with Gasteiger partial charge in [-0.05, 0) is 49.1 Å². The SMILES string of the molecule is CCc1ccc(C(=O)NNC(=O)C2CCCN2C(=O)c2ccco2)cc1. The lowest BCUT2D eigenvalue weighted by Gasteiger charge is -2.23. The Morgan fingerprint density at radius 3 is 2.58 bits per heavy atom. The lowest BCUT2D eigenvalue weighted by atomic mass is 10.1. The first kappa shape index (κ1) is 17.7. The number of likely N-dealkylation sites (tertiary alicyclic amines) is 1. The van der Waals surface area contributed by atoms with E-state index in [1.165, 1.54) is 11.2 Å². The van der Waals surface area contributed by atoms with E-state index < -0.39 is 17.9 Å². The van der Waals surface area contributed by atoms with Gasteiger partial charge in [0.25, 0.3) is 17.7 Å². The van der Waals surface area contributed by atoms with E-state index >= 15 is 0 Å². The van der Waals surface area contributed by atoms with Crippen molar-refractivity contribution >= 4 is 17.7 Å². The molecule has 2 aromatic rings. The molecule has 1 aromatic carbocycles. The first-order valence-electron chi connectivity index (χ1n) is 8.63. The maximum Gasteiger partial charge on any atom is 0.290 e. The number of amides is 3. The third-order valence-corrected chi connectivity index (χ3v) is 4.47. The predicted molar refractivity (Wildman–Crippen MR) is 94.2 cm³/mol. The van der Waals surface area contributed by atoms with E-state index in [1.54, 1.807) is 24.3 Å². The number of rotatable bonds is 4. The standard InChI is InChI=1S/C19H21N3O4/c1-2-13-7-9-14(10-8-13)17(23)20-21-18(24)15-5-3-11-22(15)19(25)16-6-4-12-26-16/h4,6-10,12,15H,2-3,5,11H2,1H3,(H,20,23)(H,21,24). The van der Waals surface area contributed by atoms with Crippen LogP contribution in [-0.4, -0.2) is 35.2 Å². The molecule has 7 nitrogen and oxygen atoms in total. The Labute approximate surface area is 151 Å². The summed E-state index contributed by atoms with van der Waals surface area (Å²) >= 11 is 0. The Bertz CT molecular complexity index is 784. The van der Waals surface area contributed by atoms with Crippen LogP contribution in [0.1, 0.15) is 46.2 Å². The van der Waals surface area contributed by atoms with Crippen molar-refractivity contribution in [1.82, 2.24) is 15.8 Å². The summed E-state index contributed by atoms with van der Waals surface area (Å²) in [6.45, 7) is 2.51. The first-order chi connectivity index (χ1) is 12.6. The average Bonchev–Trinajstić information content (AvgIpc) is 3.37. The highest BCUT2D eigenvalue weighted by Gasteiger charge is 2.35. The fourth-order valence-corrected chi connectivity index (χ4v) is 2.99. The minimum Gasteiger partial charge on any atom is -0.459 e. The second-order valence-corrected chi connectivity index (χ2v) is 6.13. The Hall–Kier alpha value is -3.09. The number of furan rings is 1. The molecule has 26 heavy (non-hydrogen) atoms. The second kappa shape index (κ2) is 7.86. The van der Waals surface area contributed by atoms with E-state index in [2.05, 4.69) is 10.9 Å². The Balaban J connectivity index is 1.58. The highest BCUT2D eigenvalue weighted by Crippen LogP contribution is 2.20. The largest absolute Gasteiger partial charge is 0.459 e. The zero-order valence-corrected chi connectivity index (χ0v) is 14.5. The number of hydrazine groups is 1. The maximum atomic E-state index is 12.4. The summed E-state index contributed by atoms with van der Waals surface area (Å²) in [6, 6.07) is 9.73. The van der Waals surface area contributed by atoms with Gasteiger partial charge in [0.05, 0.1) is 6.26 Å². The molecule has 2 N–H and O–H groups in total. The fraction of sp³-hybridized carbons (Fsp3) is 0.316.